The molecule has 7 heteroatoms. The molecule has 0 aromatic carbocycles. The number of methoxy groups -OCH3 is 1. The second-order valence-electron chi connectivity index (χ2n) is 6.26. The van der Waals surface area contributed by atoms with Gasteiger partial charge in [-0.1, -0.05) is 26.8 Å². The highest BCUT2D eigenvalue weighted by Gasteiger charge is 2.31. The van der Waals surface area contributed by atoms with Crippen LogP contribution in [0.5, 0.6) is 6.01 Å². The summed E-state index contributed by atoms with van der Waals surface area (Å²) in [5.74, 6) is 0.734. The van der Waals surface area contributed by atoms with Crippen LogP contribution in [0.3, 0.4) is 0 Å². The topological polar surface area (TPSA) is 82.3 Å². The number of aryl methyl sites for hydroxylation is 1. The van der Waals surface area contributed by atoms with Gasteiger partial charge in [-0.25, -0.2) is 0 Å². The van der Waals surface area contributed by atoms with Crippen molar-refractivity contribution in [3.8, 4) is 12.1 Å². The van der Waals surface area contributed by atoms with Crippen LogP contribution in [0.25, 0.3) is 0 Å². The zero-order valence-corrected chi connectivity index (χ0v) is 15.9. The summed E-state index contributed by atoms with van der Waals surface area (Å²) < 4.78 is 5.29. The first-order chi connectivity index (χ1) is 12.6. The van der Waals surface area contributed by atoms with E-state index in [1.165, 1.54) is 6.08 Å². The quantitative estimate of drug-likeness (QED) is 0.695. The van der Waals surface area contributed by atoms with Crippen molar-refractivity contribution in [2.24, 2.45) is 0 Å². The monoisotopic (exact) mass is 357 g/mol. The smallest absolute Gasteiger partial charge is 0.318 e. The second-order valence-corrected chi connectivity index (χ2v) is 6.26. The summed E-state index contributed by atoms with van der Waals surface area (Å²) in [6, 6.07) is 2.37. The zero-order valence-electron chi connectivity index (χ0n) is 15.9. The van der Waals surface area contributed by atoms with Gasteiger partial charge in [0, 0.05) is 25.2 Å². The van der Waals surface area contributed by atoms with E-state index >= 15 is 0 Å². The van der Waals surface area contributed by atoms with Crippen LogP contribution in [-0.4, -0.2) is 53.6 Å². The number of hydrogen-bond donors (Lipinski definition) is 0. The van der Waals surface area contributed by atoms with Gasteiger partial charge in [-0.15, -0.1) is 0 Å². The number of nitrogens with zero attached hydrogens (tertiary/aromatic N) is 5. The van der Waals surface area contributed by atoms with E-state index in [2.05, 4.69) is 41.4 Å². The number of rotatable bonds is 7. The molecule has 0 aliphatic carbocycles. The van der Waals surface area contributed by atoms with Crippen LogP contribution in [-0.2, 0) is 17.6 Å². The Balaban J connectivity index is 2.39. The number of ether oxygens (including phenoxy) is 1. The van der Waals surface area contributed by atoms with Crippen molar-refractivity contribution in [2.45, 2.75) is 45.6 Å². The molecular weight excluding hydrogens is 330 g/mol. The minimum atomic E-state index is -0.181. The number of aromatic nitrogens is 2. The summed E-state index contributed by atoms with van der Waals surface area (Å²) in [5, 5.41) is 9.17. The number of piperazine rings is 1. The van der Waals surface area contributed by atoms with Gasteiger partial charge in [-0.2, -0.15) is 15.2 Å². The molecule has 7 nitrogen and oxygen atoms in total. The molecule has 2 rings (SSSR count). The SMILES string of the molecule is C=CC(=O)N1CCN(c2nc(OC)nc(CC)c2CCC)CC1CC#N. The van der Waals surface area contributed by atoms with Crippen molar-refractivity contribution in [1.29, 1.82) is 5.26 Å². The Bertz CT molecular complexity index is 698. The zero-order chi connectivity index (χ0) is 19.1. The summed E-state index contributed by atoms with van der Waals surface area (Å²) in [4.78, 5) is 25.1. The van der Waals surface area contributed by atoms with E-state index in [1.54, 1.807) is 12.0 Å². The number of carbonyl (C=O) groups excluding carboxylic acids is 1. The lowest BCUT2D eigenvalue weighted by Gasteiger charge is -2.41. The molecule has 0 radical (unpaired) electrons. The molecule has 26 heavy (non-hydrogen) atoms. The number of hydrogen-bond acceptors (Lipinski definition) is 6. The maximum atomic E-state index is 12.1. The minimum Gasteiger partial charge on any atom is -0.467 e. The third-order valence-corrected chi connectivity index (χ3v) is 4.63. The first kappa shape index (κ1) is 19.7. The molecule has 1 aromatic rings. The lowest BCUT2D eigenvalue weighted by Crippen LogP contribution is -2.55. The summed E-state index contributed by atoms with van der Waals surface area (Å²) >= 11 is 0. The molecule has 1 aliphatic rings. The van der Waals surface area contributed by atoms with E-state index in [0.29, 0.717) is 25.6 Å². The van der Waals surface area contributed by atoms with E-state index in [4.69, 9.17) is 4.74 Å². The lowest BCUT2D eigenvalue weighted by molar-refractivity contribution is -0.128. The normalized spacial score (nSPS) is 16.9. The Morgan fingerprint density at radius 2 is 2.19 bits per heavy atom. The summed E-state index contributed by atoms with van der Waals surface area (Å²) in [6.07, 6.45) is 4.27. The fourth-order valence-corrected chi connectivity index (χ4v) is 3.38. The molecule has 1 unspecified atom stereocenters. The second kappa shape index (κ2) is 9.18. The molecule has 1 aromatic heterocycles. The van der Waals surface area contributed by atoms with E-state index in [0.717, 1.165) is 36.3 Å². The molecule has 0 N–H and O–H groups in total. The van der Waals surface area contributed by atoms with Crippen molar-refractivity contribution >= 4 is 11.7 Å². The molecule has 1 atom stereocenters. The predicted molar refractivity (Wildman–Crippen MR) is 100 cm³/mol. The van der Waals surface area contributed by atoms with Crippen LogP contribution in [0.15, 0.2) is 12.7 Å². The van der Waals surface area contributed by atoms with Crippen LogP contribution >= 0.6 is 0 Å². The van der Waals surface area contributed by atoms with E-state index in [1.807, 2.05) is 0 Å². The average Bonchev–Trinajstić information content (AvgIpc) is 2.67. The highest BCUT2D eigenvalue weighted by atomic mass is 16.5. The first-order valence-corrected chi connectivity index (χ1v) is 9.08. The van der Waals surface area contributed by atoms with Gasteiger partial charge < -0.3 is 14.5 Å². The Morgan fingerprint density at radius 3 is 2.77 bits per heavy atom. The Hall–Kier alpha value is -2.62. The van der Waals surface area contributed by atoms with E-state index < -0.39 is 0 Å². The highest BCUT2D eigenvalue weighted by Crippen LogP contribution is 2.28. The lowest BCUT2D eigenvalue weighted by atomic mass is 10.0. The third kappa shape index (κ3) is 4.13. The Labute approximate surface area is 155 Å². The fourth-order valence-electron chi connectivity index (χ4n) is 3.38. The van der Waals surface area contributed by atoms with E-state index in [9.17, 15) is 10.1 Å². The summed E-state index contributed by atoms with van der Waals surface area (Å²) in [7, 11) is 1.57. The molecule has 1 saturated heterocycles. The molecule has 140 valence electrons. The third-order valence-electron chi connectivity index (χ3n) is 4.63. The number of amides is 1. The first-order valence-electron chi connectivity index (χ1n) is 9.08. The van der Waals surface area contributed by atoms with Crippen LogP contribution in [0.1, 0.15) is 37.9 Å². The standard InChI is InChI=1S/C19H27N5O2/c1-5-8-15-16(6-2)21-19(26-4)22-18(15)23-11-12-24(17(25)7-3)14(13-23)9-10-20/h7,14H,3,5-6,8-9,11-13H2,1-2,4H3. The molecule has 0 bridgehead atoms. The molecule has 0 saturated carbocycles. The molecule has 1 aliphatic heterocycles. The van der Waals surface area contributed by atoms with E-state index in [-0.39, 0.29) is 18.4 Å². The van der Waals surface area contributed by atoms with Crippen molar-refractivity contribution in [3.63, 3.8) is 0 Å². The average molecular weight is 357 g/mol. The maximum Gasteiger partial charge on any atom is 0.318 e. The van der Waals surface area contributed by atoms with Crippen LogP contribution < -0.4 is 9.64 Å². The summed E-state index contributed by atoms with van der Waals surface area (Å²) in [5.41, 5.74) is 2.13. The Kier molecular flexibility index (Phi) is 6.96. The largest absolute Gasteiger partial charge is 0.467 e. The fraction of sp³-hybridized carbons (Fsp3) is 0.579. The van der Waals surface area contributed by atoms with Gasteiger partial charge in [0.05, 0.1) is 31.3 Å². The van der Waals surface area contributed by atoms with Gasteiger partial charge in [0.1, 0.15) is 5.82 Å². The molecular formula is C19H27N5O2. The van der Waals surface area contributed by atoms with Crippen molar-refractivity contribution < 1.29 is 9.53 Å². The van der Waals surface area contributed by atoms with Crippen LogP contribution in [0.2, 0.25) is 0 Å². The van der Waals surface area contributed by atoms with Crippen LogP contribution in [0.4, 0.5) is 5.82 Å². The van der Waals surface area contributed by atoms with Gasteiger partial charge in [-0.3, -0.25) is 4.79 Å². The molecule has 1 fully saturated rings. The summed E-state index contributed by atoms with van der Waals surface area (Å²) in [6.45, 7) is 9.53. The van der Waals surface area contributed by atoms with Gasteiger partial charge in [-0.05, 0) is 18.9 Å². The van der Waals surface area contributed by atoms with Gasteiger partial charge in [0.15, 0.2) is 0 Å². The number of anilines is 1. The highest BCUT2D eigenvalue weighted by molar-refractivity contribution is 5.87. The predicted octanol–water partition coefficient (Wildman–Crippen LogP) is 2.12. The van der Waals surface area contributed by atoms with Gasteiger partial charge in [0.2, 0.25) is 5.91 Å². The van der Waals surface area contributed by atoms with Gasteiger partial charge >= 0.3 is 6.01 Å². The number of carbonyl (C=O) groups is 1. The van der Waals surface area contributed by atoms with Crippen molar-refractivity contribution in [1.82, 2.24) is 14.9 Å². The molecule has 2 heterocycles. The molecule has 1 amide bonds. The molecule has 0 spiro atoms. The Morgan fingerprint density at radius 1 is 1.42 bits per heavy atom. The van der Waals surface area contributed by atoms with Gasteiger partial charge in [0.25, 0.3) is 0 Å². The number of nitriles is 1. The van der Waals surface area contributed by atoms with Crippen molar-refractivity contribution in [2.75, 3.05) is 31.6 Å². The van der Waals surface area contributed by atoms with Crippen molar-refractivity contribution in [3.05, 3.63) is 23.9 Å². The minimum absolute atomic E-state index is 0.131. The maximum absolute atomic E-state index is 12.1. The van der Waals surface area contributed by atoms with Crippen LogP contribution in [0, 0.1) is 11.3 Å².